The number of rotatable bonds is 6. The number of amidine groups is 2. The fourth-order valence-corrected chi connectivity index (χ4v) is 1.85. The Labute approximate surface area is 141 Å². The van der Waals surface area contributed by atoms with Gasteiger partial charge in [-0.2, -0.15) is 0 Å². The van der Waals surface area contributed by atoms with Crippen molar-refractivity contribution in [1.82, 2.24) is 10.2 Å². The molecule has 10 heteroatoms. The van der Waals surface area contributed by atoms with Crippen LogP contribution in [0.1, 0.15) is 17.3 Å². The number of aromatic hydroxyl groups is 1. The molecular formula is C15H18F3N5O2. The van der Waals surface area contributed by atoms with Gasteiger partial charge in [0.15, 0.2) is 11.6 Å². The van der Waals surface area contributed by atoms with Crippen molar-refractivity contribution >= 4 is 17.6 Å². The number of alkyl halides is 2. The van der Waals surface area contributed by atoms with Crippen molar-refractivity contribution in [3.63, 3.8) is 0 Å². The normalized spacial score (nSPS) is 11.3. The van der Waals surface area contributed by atoms with Crippen molar-refractivity contribution in [3.8, 4) is 5.75 Å². The van der Waals surface area contributed by atoms with Crippen LogP contribution in [-0.4, -0.2) is 47.1 Å². The summed E-state index contributed by atoms with van der Waals surface area (Å²) in [6.07, 6.45) is -1.81. The Morgan fingerprint density at radius 2 is 2.08 bits per heavy atom. The zero-order valence-corrected chi connectivity index (χ0v) is 13.3. The molecule has 1 rings (SSSR count). The molecule has 0 aliphatic rings. The maximum absolute atomic E-state index is 13.3. The molecule has 1 aromatic carbocycles. The first-order valence-corrected chi connectivity index (χ1v) is 7.04. The first-order chi connectivity index (χ1) is 11.7. The molecule has 0 heterocycles. The van der Waals surface area contributed by atoms with Crippen LogP contribution in [0.3, 0.4) is 0 Å². The smallest absolute Gasteiger partial charge is 0.256 e. The van der Waals surface area contributed by atoms with Gasteiger partial charge >= 0.3 is 0 Å². The number of benzene rings is 1. The lowest BCUT2D eigenvalue weighted by molar-refractivity contribution is 0.0956. The molecule has 0 fully saturated rings. The molecule has 7 nitrogen and oxygen atoms in total. The van der Waals surface area contributed by atoms with Gasteiger partial charge in [-0.05, 0) is 25.1 Å². The maximum atomic E-state index is 13.3. The molecule has 25 heavy (non-hydrogen) atoms. The summed E-state index contributed by atoms with van der Waals surface area (Å²) in [5.41, 5.74) is 5.30. The Kier molecular flexibility index (Phi) is 6.97. The van der Waals surface area contributed by atoms with Crippen LogP contribution in [0.25, 0.3) is 0 Å². The molecule has 0 atom stereocenters. The third kappa shape index (κ3) is 5.52. The molecule has 1 aromatic rings. The number of amides is 1. The van der Waals surface area contributed by atoms with Gasteiger partial charge in [0.25, 0.3) is 12.3 Å². The van der Waals surface area contributed by atoms with E-state index in [4.69, 9.17) is 21.7 Å². The summed E-state index contributed by atoms with van der Waals surface area (Å²) in [6.45, 7) is 0.0924. The first-order valence-electron chi connectivity index (χ1n) is 7.04. The van der Waals surface area contributed by atoms with Crippen LogP contribution in [0, 0.1) is 16.6 Å². The van der Waals surface area contributed by atoms with E-state index in [0.29, 0.717) is 0 Å². The van der Waals surface area contributed by atoms with Gasteiger partial charge in [-0.25, -0.2) is 13.2 Å². The van der Waals surface area contributed by atoms with Crippen molar-refractivity contribution in [3.05, 3.63) is 41.4 Å². The molecule has 0 saturated heterocycles. The summed E-state index contributed by atoms with van der Waals surface area (Å²) in [5, 5.41) is 26.8. The van der Waals surface area contributed by atoms with Crippen LogP contribution in [-0.2, 0) is 0 Å². The Morgan fingerprint density at radius 3 is 2.56 bits per heavy atom. The summed E-state index contributed by atoms with van der Waals surface area (Å²) in [4.78, 5) is 12.7. The van der Waals surface area contributed by atoms with Crippen LogP contribution in [0.5, 0.6) is 5.75 Å². The maximum Gasteiger partial charge on any atom is 0.256 e. The van der Waals surface area contributed by atoms with E-state index in [-0.39, 0.29) is 23.5 Å². The third-order valence-electron chi connectivity index (χ3n) is 3.15. The minimum Gasteiger partial charge on any atom is -0.505 e. The molecule has 0 saturated carbocycles. The summed E-state index contributed by atoms with van der Waals surface area (Å²) in [7, 11) is 0. The quantitative estimate of drug-likeness (QED) is 0.392. The predicted molar refractivity (Wildman–Crippen MR) is 86.5 cm³/mol. The van der Waals surface area contributed by atoms with Crippen LogP contribution >= 0.6 is 0 Å². The minimum atomic E-state index is -2.77. The standard InChI is InChI=1S/C15H18F3N5O2/c1-8(20)23(7-13(17)18)14(21)10(5-19)6-22-15(25)9-2-3-12(24)11(16)4-9/h2-5,13,20-21,24H,6-7,19H2,1H3,(H,22,25). The van der Waals surface area contributed by atoms with Gasteiger partial charge in [0.1, 0.15) is 5.84 Å². The second kappa shape index (κ2) is 8.71. The topological polar surface area (TPSA) is 126 Å². The number of nitrogens with one attached hydrogen (secondary N) is 3. The number of phenols is 1. The first kappa shape index (κ1) is 20.0. The summed E-state index contributed by atoms with van der Waals surface area (Å²) >= 11 is 0. The molecule has 0 unspecified atom stereocenters. The number of hydrogen-bond acceptors (Lipinski definition) is 5. The predicted octanol–water partition coefficient (Wildman–Crippen LogP) is 1.65. The van der Waals surface area contributed by atoms with Crippen LogP contribution in [0.15, 0.2) is 30.0 Å². The highest BCUT2D eigenvalue weighted by molar-refractivity contribution is 6.06. The summed E-state index contributed by atoms with van der Waals surface area (Å²) in [5.74, 6) is -3.02. The minimum absolute atomic E-state index is 0.000139. The highest BCUT2D eigenvalue weighted by Crippen LogP contribution is 2.16. The van der Waals surface area contributed by atoms with Gasteiger partial charge in [0, 0.05) is 23.9 Å². The van der Waals surface area contributed by atoms with Gasteiger partial charge < -0.3 is 21.1 Å². The van der Waals surface area contributed by atoms with E-state index < -0.39 is 36.3 Å². The van der Waals surface area contributed by atoms with Gasteiger partial charge in [-0.3, -0.25) is 15.6 Å². The lowest BCUT2D eigenvalue weighted by Gasteiger charge is -2.25. The van der Waals surface area contributed by atoms with E-state index >= 15 is 0 Å². The molecule has 0 spiro atoms. The van der Waals surface area contributed by atoms with E-state index in [1.54, 1.807) is 0 Å². The number of halogens is 3. The van der Waals surface area contributed by atoms with E-state index in [0.717, 1.165) is 23.2 Å². The van der Waals surface area contributed by atoms with E-state index in [2.05, 4.69) is 5.32 Å². The number of carbonyl (C=O) groups is 1. The van der Waals surface area contributed by atoms with Gasteiger partial charge in [-0.1, -0.05) is 0 Å². The lowest BCUT2D eigenvalue weighted by Crippen LogP contribution is -2.41. The Morgan fingerprint density at radius 1 is 1.44 bits per heavy atom. The summed E-state index contributed by atoms with van der Waals surface area (Å²) < 4.78 is 38.4. The fourth-order valence-electron chi connectivity index (χ4n) is 1.85. The molecule has 0 aliphatic heterocycles. The molecule has 0 radical (unpaired) electrons. The van der Waals surface area contributed by atoms with Gasteiger partial charge in [0.2, 0.25) is 0 Å². The average Bonchev–Trinajstić information content (AvgIpc) is 2.54. The molecule has 1 amide bonds. The van der Waals surface area contributed by atoms with Crippen molar-refractivity contribution in [2.24, 2.45) is 5.73 Å². The van der Waals surface area contributed by atoms with Crippen molar-refractivity contribution in [1.29, 1.82) is 10.8 Å². The number of carbonyl (C=O) groups excluding carboxylic acids is 1. The van der Waals surface area contributed by atoms with E-state index in [9.17, 15) is 18.0 Å². The Balaban J connectivity index is 2.81. The zero-order chi connectivity index (χ0) is 19.1. The molecule has 0 aliphatic carbocycles. The average molecular weight is 357 g/mol. The zero-order valence-electron chi connectivity index (χ0n) is 13.3. The highest BCUT2D eigenvalue weighted by Gasteiger charge is 2.20. The van der Waals surface area contributed by atoms with Crippen LogP contribution < -0.4 is 11.1 Å². The second-order valence-electron chi connectivity index (χ2n) is 4.98. The van der Waals surface area contributed by atoms with Crippen molar-refractivity contribution < 1.29 is 23.1 Å². The number of nitrogens with zero attached hydrogens (tertiary/aromatic N) is 1. The third-order valence-corrected chi connectivity index (χ3v) is 3.15. The number of phenolic OH excluding ortho intramolecular Hbond substituents is 1. The van der Waals surface area contributed by atoms with Crippen molar-refractivity contribution in [2.75, 3.05) is 13.1 Å². The van der Waals surface area contributed by atoms with Crippen LogP contribution in [0.2, 0.25) is 0 Å². The second-order valence-corrected chi connectivity index (χ2v) is 4.98. The number of hydrogen-bond donors (Lipinski definition) is 5. The fraction of sp³-hybridized carbons (Fsp3) is 0.267. The highest BCUT2D eigenvalue weighted by atomic mass is 19.3. The molecule has 136 valence electrons. The molecule has 6 N–H and O–H groups in total. The van der Waals surface area contributed by atoms with Crippen LogP contribution in [0.4, 0.5) is 13.2 Å². The number of nitrogens with two attached hydrogens (primary N) is 1. The Bertz CT molecular complexity index is 706. The van der Waals surface area contributed by atoms with Gasteiger partial charge in [0.05, 0.1) is 12.4 Å². The summed E-state index contributed by atoms with van der Waals surface area (Å²) in [6, 6.07) is 3.02. The largest absolute Gasteiger partial charge is 0.505 e. The molecular weight excluding hydrogens is 339 g/mol. The van der Waals surface area contributed by atoms with Gasteiger partial charge in [-0.15, -0.1) is 0 Å². The van der Waals surface area contributed by atoms with Crippen molar-refractivity contribution in [2.45, 2.75) is 13.3 Å². The van der Waals surface area contributed by atoms with E-state index in [1.807, 2.05) is 0 Å². The SMILES string of the molecule is CC(=N)N(CC(F)F)C(=N)C(=CN)CNC(=O)c1ccc(O)c(F)c1. The van der Waals surface area contributed by atoms with E-state index in [1.165, 1.54) is 13.0 Å². The monoisotopic (exact) mass is 357 g/mol. The lowest BCUT2D eigenvalue weighted by atomic mass is 10.1. The molecule has 0 aromatic heterocycles. The molecule has 0 bridgehead atoms. The Hall–Kier alpha value is -3.04.